The van der Waals surface area contributed by atoms with Crippen LogP contribution >= 0.6 is 0 Å². The molecular formula is C16H27NO. The first-order valence-corrected chi connectivity index (χ1v) is 7.16. The number of para-hydroxylation sites is 1. The Morgan fingerprint density at radius 3 is 2.72 bits per heavy atom. The van der Waals surface area contributed by atoms with E-state index in [4.69, 9.17) is 0 Å². The lowest BCUT2D eigenvalue weighted by Crippen LogP contribution is -2.25. The van der Waals surface area contributed by atoms with Gasteiger partial charge < -0.3 is 10.4 Å². The fourth-order valence-corrected chi connectivity index (χ4v) is 2.13. The Labute approximate surface area is 111 Å². The Bertz CT molecular complexity index is 349. The Morgan fingerprint density at radius 1 is 1.22 bits per heavy atom. The van der Waals surface area contributed by atoms with Crippen molar-refractivity contribution in [3.8, 4) is 5.75 Å². The van der Waals surface area contributed by atoms with Crippen LogP contribution in [0.15, 0.2) is 18.2 Å². The number of aryl methyl sites for hydroxylation is 1. The molecule has 0 fully saturated rings. The van der Waals surface area contributed by atoms with E-state index in [0.717, 1.165) is 17.7 Å². The third-order valence-corrected chi connectivity index (χ3v) is 3.45. The van der Waals surface area contributed by atoms with Crippen molar-refractivity contribution in [1.82, 2.24) is 5.32 Å². The summed E-state index contributed by atoms with van der Waals surface area (Å²) in [5.41, 5.74) is 1.94. The van der Waals surface area contributed by atoms with E-state index in [9.17, 15) is 5.11 Å². The molecule has 0 aliphatic rings. The van der Waals surface area contributed by atoms with Gasteiger partial charge in [-0.15, -0.1) is 0 Å². The monoisotopic (exact) mass is 249 g/mol. The van der Waals surface area contributed by atoms with Crippen molar-refractivity contribution in [3.05, 3.63) is 29.3 Å². The number of aromatic hydroxyl groups is 1. The molecule has 0 saturated heterocycles. The Morgan fingerprint density at radius 2 is 2.00 bits per heavy atom. The molecule has 1 unspecified atom stereocenters. The third-order valence-electron chi connectivity index (χ3n) is 3.45. The highest BCUT2D eigenvalue weighted by atomic mass is 16.3. The molecule has 2 N–H and O–H groups in total. The third kappa shape index (κ3) is 5.09. The summed E-state index contributed by atoms with van der Waals surface area (Å²) in [7, 11) is 0. The summed E-state index contributed by atoms with van der Waals surface area (Å²) < 4.78 is 0. The summed E-state index contributed by atoms with van der Waals surface area (Å²) in [6, 6.07) is 6.44. The summed E-state index contributed by atoms with van der Waals surface area (Å²) in [6.45, 7) is 7.15. The first-order chi connectivity index (χ1) is 8.65. The highest BCUT2D eigenvalue weighted by Gasteiger charge is 2.05. The van der Waals surface area contributed by atoms with Crippen molar-refractivity contribution in [2.45, 2.75) is 65.5 Å². The van der Waals surface area contributed by atoms with Gasteiger partial charge in [0.15, 0.2) is 0 Å². The van der Waals surface area contributed by atoms with Crippen molar-refractivity contribution in [2.24, 2.45) is 0 Å². The maximum absolute atomic E-state index is 9.92. The molecule has 0 radical (unpaired) electrons. The number of nitrogens with one attached hydrogen (secondary N) is 1. The quantitative estimate of drug-likeness (QED) is 0.678. The zero-order valence-corrected chi connectivity index (χ0v) is 12.0. The minimum Gasteiger partial charge on any atom is -0.507 e. The zero-order valence-electron chi connectivity index (χ0n) is 12.0. The summed E-state index contributed by atoms with van der Waals surface area (Å²) >= 11 is 0. The van der Waals surface area contributed by atoms with E-state index in [1.54, 1.807) is 0 Å². The van der Waals surface area contributed by atoms with Gasteiger partial charge in [0.25, 0.3) is 0 Å². The minimum absolute atomic E-state index is 0.434. The Hall–Kier alpha value is -1.02. The molecule has 0 spiro atoms. The molecule has 18 heavy (non-hydrogen) atoms. The number of benzene rings is 1. The van der Waals surface area contributed by atoms with Crippen molar-refractivity contribution in [2.75, 3.05) is 0 Å². The van der Waals surface area contributed by atoms with E-state index in [0.29, 0.717) is 11.8 Å². The van der Waals surface area contributed by atoms with E-state index in [1.165, 1.54) is 32.1 Å². The molecule has 1 rings (SSSR count). The highest BCUT2D eigenvalue weighted by molar-refractivity contribution is 5.39. The minimum atomic E-state index is 0.434. The smallest absolute Gasteiger partial charge is 0.122 e. The number of hydrogen-bond acceptors (Lipinski definition) is 2. The average molecular weight is 249 g/mol. The molecule has 2 heteroatoms. The molecule has 102 valence electrons. The molecule has 1 aromatic rings. The van der Waals surface area contributed by atoms with Crippen LogP contribution < -0.4 is 5.32 Å². The molecule has 1 atom stereocenters. The van der Waals surface area contributed by atoms with Crippen molar-refractivity contribution in [3.63, 3.8) is 0 Å². The van der Waals surface area contributed by atoms with Gasteiger partial charge in [0, 0.05) is 18.2 Å². The number of unbranched alkanes of at least 4 members (excludes halogenated alkanes) is 3. The van der Waals surface area contributed by atoms with Gasteiger partial charge in [0.1, 0.15) is 5.75 Å². The Kier molecular flexibility index (Phi) is 6.81. The largest absolute Gasteiger partial charge is 0.507 e. The van der Waals surface area contributed by atoms with E-state index < -0.39 is 0 Å². The average Bonchev–Trinajstić information content (AvgIpc) is 2.36. The van der Waals surface area contributed by atoms with Crippen LogP contribution in [0.5, 0.6) is 5.75 Å². The molecule has 0 heterocycles. The number of phenols is 1. The number of rotatable bonds is 8. The van der Waals surface area contributed by atoms with Gasteiger partial charge in [-0.05, 0) is 25.8 Å². The van der Waals surface area contributed by atoms with Crippen LogP contribution in [0.2, 0.25) is 0 Å². The molecule has 0 saturated carbocycles. The summed E-state index contributed by atoms with van der Waals surface area (Å²) in [5, 5.41) is 13.4. The lowest BCUT2D eigenvalue weighted by atomic mass is 10.1. The van der Waals surface area contributed by atoms with Crippen molar-refractivity contribution >= 4 is 0 Å². The van der Waals surface area contributed by atoms with Crippen molar-refractivity contribution in [1.29, 1.82) is 0 Å². The molecule has 2 nitrogen and oxygen atoms in total. The van der Waals surface area contributed by atoms with Crippen LogP contribution in [0.1, 0.15) is 57.1 Å². The van der Waals surface area contributed by atoms with Crippen LogP contribution in [0.25, 0.3) is 0 Å². The van der Waals surface area contributed by atoms with E-state index in [2.05, 4.69) is 19.2 Å². The molecule has 0 aliphatic carbocycles. The van der Waals surface area contributed by atoms with Crippen LogP contribution in [0.4, 0.5) is 0 Å². The number of phenolic OH excluding ortho intramolecular Hbond substituents is 1. The Balaban J connectivity index is 2.29. The van der Waals surface area contributed by atoms with Gasteiger partial charge in [0.05, 0.1) is 0 Å². The molecule has 1 aromatic carbocycles. The maximum Gasteiger partial charge on any atom is 0.122 e. The van der Waals surface area contributed by atoms with Crippen LogP contribution in [-0.2, 0) is 6.54 Å². The second kappa shape index (κ2) is 8.15. The summed E-state index contributed by atoms with van der Waals surface area (Å²) in [5.74, 6) is 0.434. The van der Waals surface area contributed by atoms with E-state index in [-0.39, 0.29) is 0 Å². The van der Waals surface area contributed by atoms with Gasteiger partial charge in [-0.1, -0.05) is 50.8 Å². The molecule has 0 aromatic heterocycles. The van der Waals surface area contributed by atoms with Gasteiger partial charge in [-0.2, -0.15) is 0 Å². The fourth-order valence-electron chi connectivity index (χ4n) is 2.13. The predicted molar refractivity (Wildman–Crippen MR) is 77.9 cm³/mol. The fraction of sp³-hybridized carbons (Fsp3) is 0.625. The van der Waals surface area contributed by atoms with Crippen LogP contribution in [0, 0.1) is 6.92 Å². The summed E-state index contributed by atoms with van der Waals surface area (Å²) in [4.78, 5) is 0. The summed E-state index contributed by atoms with van der Waals surface area (Å²) in [6.07, 6.45) is 6.47. The SMILES string of the molecule is CCCCCCC(C)NCc1cccc(C)c1O. The van der Waals surface area contributed by atoms with Gasteiger partial charge in [-0.25, -0.2) is 0 Å². The first kappa shape index (κ1) is 15.0. The molecule has 0 bridgehead atoms. The molecule has 0 aliphatic heterocycles. The van der Waals surface area contributed by atoms with E-state index >= 15 is 0 Å². The van der Waals surface area contributed by atoms with Crippen LogP contribution in [-0.4, -0.2) is 11.1 Å². The molecular weight excluding hydrogens is 222 g/mol. The first-order valence-electron chi connectivity index (χ1n) is 7.16. The van der Waals surface area contributed by atoms with Gasteiger partial charge in [0.2, 0.25) is 0 Å². The van der Waals surface area contributed by atoms with Crippen molar-refractivity contribution < 1.29 is 5.11 Å². The van der Waals surface area contributed by atoms with E-state index in [1.807, 2.05) is 25.1 Å². The predicted octanol–water partition coefficient (Wildman–Crippen LogP) is 4.15. The molecule has 0 amide bonds. The second-order valence-corrected chi connectivity index (χ2v) is 5.21. The standard InChI is InChI=1S/C16H27NO/c1-4-5-6-7-10-14(3)17-12-15-11-8-9-13(2)16(15)18/h8-9,11,14,17-18H,4-7,10,12H2,1-3H3. The normalized spacial score (nSPS) is 12.6. The highest BCUT2D eigenvalue weighted by Crippen LogP contribution is 2.21. The van der Waals surface area contributed by atoms with Gasteiger partial charge >= 0.3 is 0 Å². The van der Waals surface area contributed by atoms with Gasteiger partial charge in [-0.3, -0.25) is 0 Å². The topological polar surface area (TPSA) is 32.3 Å². The second-order valence-electron chi connectivity index (χ2n) is 5.21. The van der Waals surface area contributed by atoms with Crippen LogP contribution in [0.3, 0.4) is 0 Å². The maximum atomic E-state index is 9.92. The lowest BCUT2D eigenvalue weighted by Gasteiger charge is -2.15. The lowest BCUT2D eigenvalue weighted by molar-refractivity contribution is 0.446. The number of hydrogen-bond donors (Lipinski definition) is 2. The zero-order chi connectivity index (χ0) is 13.4.